The highest BCUT2D eigenvalue weighted by molar-refractivity contribution is 5.99. The van der Waals surface area contributed by atoms with Crippen molar-refractivity contribution in [2.24, 2.45) is 5.92 Å². The molecule has 2 atom stereocenters. The summed E-state index contributed by atoms with van der Waals surface area (Å²) in [5, 5.41) is 3.04. The first-order valence-corrected chi connectivity index (χ1v) is 10.6. The third-order valence-electron chi connectivity index (χ3n) is 5.87. The van der Waals surface area contributed by atoms with Crippen LogP contribution in [0, 0.1) is 12.8 Å². The molecule has 0 spiro atoms. The summed E-state index contributed by atoms with van der Waals surface area (Å²) in [6.07, 6.45) is 3.32. The lowest BCUT2D eigenvalue weighted by Gasteiger charge is -2.18. The van der Waals surface area contributed by atoms with Gasteiger partial charge in [-0.05, 0) is 54.7 Å². The molecule has 1 saturated carbocycles. The van der Waals surface area contributed by atoms with Crippen LogP contribution in [-0.2, 0) is 11.2 Å². The number of nitrogens with zero attached hydrogens (tertiary/aromatic N) is 2. The van der Waals surface area contributed by atoms with Gasteiger partial charge in [-0.25, -0.2) is 0 Å². The van der Waals surface area contributed by atoms with Crippen molar-refractivity contribution >= 4 is 17.5 Å². The first kappa shape index (κ1) is 20.8. The molecule has 0 unspecified atom stereocenters. The number of amides is 2. The molecule has 1 fully saturated rings. The number of hydrogen-bond acceptors (Lipinski definition) is 3. The number of benzene rings is 2. The fourth-order valence-electron chi connectivity index (χ4n) is 3.82. The number of rotatable bonds is 7. The Labute approximate surface area is 183 Å². The monoisotopic (exact) mass is 413 g/mol. The molecule has 1 aromatic heterocycles. The third kappa shape index (κ3) is 5.00. The molecule has 5 heteroatoms. The number of hydrogen-bond donors (Lipinski definition) is 1. The lowest BCUT2D eigenvalue weighted by molar-refractivity contribution is -0.117. The quantitative estimate of drug-likeness (QED) is 0.623. The number of aryl methyl sites for hydroxylation is 1. The largest absolute Gasteiger partial charge is 0.341 e. The van der Waals surface area contributed by atoms with Gasteiger partial charge in [0.1, 0.15) is 0 Å². The summed E-state index contributed by atoms with van der Waals surface area (Å²) in [6, 6.07) is 21.4. The Morgan fingerprint density at radius 2 is 1.84 bits per heavy atom. The zero-order chi connectivity index (χ0) is 21.8. The van der Waals surface area contributed by atoms with E-state index in [0.29, 0.717) is 24.2 Å². The molecule has 1 N–H and O–H groups in total. The zero-order valence-electron chi connectivity index (χ0n) is 17.9. The molecule has 3 aromatic rings. The van der Waals surface area contributed by atoms with E-state index in [-0.39, 0.29) is 23.7 Å². The van der Waals surface area contributed by atoms with Crippen molar-refractivity contribution in [3.63, 3.8) is 0 Å². The Balaban J connectivity index is 1.38. The van der Waals surface area contributed by atoms with E-state index < -0.39 is 0 Å². The number of carbonyl (C=O) groups excluding carboxylic acids is 2. The molecule has 5 nitrogen and oxygen atoms in total. The van der Waals surface area contributed by atoms with Crippen molar-refractivity contribution in [2.45, 2.75) is 25.7 Å². The van der Waals surface area contributed by atoms with Crippen molar-refractivity contribution < 1.29 is 9.59 Å². The molecule has 0 aliphatic heterocycles. The van der Waals surface area contributed by atoms with E-state index in [1.165, 1.54) is 5.56 Å². The van der Waals surface area contributed by atoms with E-state index in [2.05, 4.69) is 22.4 Å². The van der Waals surface area contributed by atoms with Crippen LogP contribution in [0.2, 0.25) is 0 Å². The number of nitrogens with one attached hydrogen (secondary N) is 1. The molecule has 1 heterocycles. The molecule has 31 heavy (non-hydrogen) atoms. The molecule has 2 amide bonds. The summed E-state index contributed by atoms with van der Waals surface area (Å²) in [7, 11) is 1.79. The minimum absolute atomic E-state index is 0.0118. The van der Waals surface area contributed by atoms with Gasteiger partial charge in [0.15, 0.2) is 0 Å². The van der Waals surface area contributed by atoms with Gasteiger partial charge in [0.2, 0.25) is 5.91 Å². The Morgan fingerprint density at radius 3 is 2.58 bits per heavy atom. The molecule has 0 radical (unpaired) electrons. The summed E-state index contributed by atoms with van der Waals surface area (Å²) in [5.74, 6) is 0.219. The topological polar surface area (TPSA) is 62.3 Å². The van der Waals surface area contributed by atoms with Gasteiger partial charge in [0, 0.05) is 49.1 Å². The maximum Gasteiger partial charge on any atom is 0.253 e. The van der Waals surface area contributed by atoms with Gasteiger partial charge < -0.3 is 10.2 Å². The van der Waals surface area contributed by atoms with Gasteiger partial charge in [0.05, 0.1) is 0 Å². The number of aromatic nitrogens is 1. The Bertz CT molecular complexity index is 1070. The molecule has 0 saturated heterocycles. The van der Waals surface area contributed by atoms with Gasteiger partial charge in [-0.1, -0.05) is 42.5 Å². The van der Waals surface area contributed by atoms with E-state index in [9.17, 15) is 9.59 Å². The highest BCUT2D eigenvalue weighted by Crippen LogP contribution is 2.48. The molecule has 4 rings (SSSR count). The van der Waals surface area contributed by atoms with Crippen molar-refractivity contribution in [1.29, 1.82) is 0 Å². The highest BCUT2D eigenvalue weighted by atomic mass is 16.2. The van der Waals surface area contributed by atoms with Crippen molar-refractivity contribution in [3.8, 4) is 0 Å². The zero-order valence-corrected chi connectivity index (χ0v) is 17.9. The minimum Gasteiger partial charge on any atom is -0.341 e. The number of carbonyl (C=O) groups is 2. The van der Waals surface area contributed by atoms with Gasteiger partial charge in [-0.2, -0.15) is 0 Å². The van der Waals surface area contributed by atoms with E-state index in [1.54, 1.807) is 24.2 Å². The Kier molecular flexibility index (Phi) is 6.12. The second kappa shape index (κ2) is 9.13. The minimum atomic E-state index is -0.0694. The van der Waals surface area contributed by atoms with Crippen LogP contribution < -0.4 is 5.32 Å². The van der Waals surface area contributed by atoms with E-state index >= 15 is 0 Å². The summed E-state index contributed by atoms with van der Waals surface area (Å²) >= 11 is 0. The molecule has 158 valence electrons. The van der Waals surface area contributed by atoms with Crippen molar-refractivity contribution in [1.82, 2.24) is 9.88 Å². The standard InChI is InChI=1S/C26H27N3O2/c1-18-11-12-20(26(31)29(2)15-13-21-10-6-7-14-27-21)16-24(18)28-25(30)23-17-22(23)19-8-4-3-5-9-19/h3-12,14,16,22-23H,13,15,17H2,1-2H3,(H,28,30)/t22-,23+/m0/s1. The average Bonchev–Trinajstić information content (AvgIpc) is 3.61. The molecule has 1 aliphatic carbocycles. The van der Waals surface area contributed by atoms with Crippen LogP contribution in [0.15, 0.2) is 72.9 Å². The first-order valence-electron chi connectivity index (χ1n) is 10.6. The maximum absolute atomic E-state index is 12.9. The summed E-state index contributed by atoms with van der Waals surface area (Å²) in [5.41, 5.74) is 4.37. The predicted octanol–water partition coefficient (Wildman–Crippen LogP) is 4.45. The second-order valence-electron chi connectivity index (χ2n) is 8.18. The smallest absolute Gasteiger partial charge is 0.253 e. The van der Waals surface area contributed by atoms with Gasteiger partial charge in [-0.3, -0.25) is 14.6 Å². The fraction of sp³-hybridized carbons (Fsp3) is 0.269. The SMILES string of the molecule is Cc1ccc(C(=O)N(C)CCc2ccccn2)cc1NC(=O)[C@@H]1C[C@H]1c1ccccc1. The normalized spacial score (nSPS) is 17.1. The summed E-state index contributed by atoms with van der Waals surface area (Å²) in [6.45, 7) is 2.52. The first-order chi connectivity index (χ1) is 15.0. The molecule has 2 aromatic carbocycles. The maximum atomic E-state index is 12.9. The van der Waals surface area contributed by atoms with E-state index in [0.717, 1.165) is 17.7 Å². The summed E-state index contributed by atoms with van der Waals surface area (Å²) in [4.78, 5) is 31.7. The van der Waals surface area contributed by atoms with Crippen molar-refractivity contribution in [3.05, 3.63) is 95.3 Å². The Morgan fingerprint density at radius 1 is 1.06 bits per heavy atom. The average molecular weight is 414 g/mol. The van der Waals surface area contributed by atoms with E-state index in [1.807, 2.05) is 55.5 Å². The van der Waals surface area contributed by atoms with Crippen LogP contribution in [-0.4, -0.2) is 35.3 Å². The number of likely N-dealkylation sites (N-methyl/N-ethyl adjacent to an activating group) is 1. The van der Waals surface area contributed by atoms with Crippen LogP contribution in [0.1, 0.15) is 39.5 Å². The lowest BCUT2D eigenvalue weighted by Crippen LogP contribution is -2.29. The van der Waals surface area contributed by atoms with E-state index in [4.69, 9.17) is 0 Å². The van der Waals surface area contributed by atoms with Crippen LogP contribution in [0.3, 0.4) is 0 Å². The summed E-state index contributed by atoms with van der Waals surface area (Å²) < 4.78 is 0. The number of anilines is 1. The van der Waals surface area contributed by atoms with Gasteiger partial charge >= 0.3 is 0 Å². The van der Waals surface area contributed by atoms with Gasteiger partial charge in [0.25, 0.3) is 5.91 Å². The molecule has 0 bridgehead atoms. The molecular formula is C26H27N3O2. The van der Waals surface area contributed by atoms with Crippen molar-refractivity contribution in [2.75, 3.05) is 18.9 Å². The van der Waals surface area contributed by atoms with Crippen LogP contribution in [0.4, 0.5) is 5.69 Å². The van der Waals surface area contributed by atoms with Gasteiger partial charge in [-0.15, -0.1) is 0 Å². The Hall–Kier alpha value is -3.47. The predicted molar refractivity (Wildman–Crippen MR) is 122 cm³/mol. The number of pyridine rings is 1. The molecular weight excluding hydrogens is 386 g/mol. The van der Waals surface area contributed by atoms with Crippen LogP contribution >= 0.6 is 0 Å². The highest BCUT2D eigenvalue weighted by Gasteiger charge is 2.43. The second-order valence-corrected chi connectivity index (χ2v) is 8.18. The third-order valence-corrected chi connectivity index (χ3v) is 5.87. The molecule has 1 aliphatic rings. The van der Waals surface area contributed by atoms with Crippen LogP contribution in [0.25, 0.3) is 0 Å². The fourth-order valence-corrected chi connectivity index (χ4v) is 3.82. The van der Waals surface area contributed by atoms with Crippen LogP contribution in [0.5, 0.6) is 0 Å². The lowest BCUT2D eigenvalue weighted by atomic mass is 10.1.